The molecular weight excluding hydrogens is 484 g/mol. The van der Waals surface area contributed by atoms with Crippen LogP contribution in [0.4, 0.5) is 0 Å². The van der Waals surface area contributed by atoms with Gasteiger partial charge in [-0.15, -0.1) is 11.3 Å². The standard InChI is InChI=1S/C33H20N4S/c1-3-11-21(12-4-1)31-34-32(22-13-5-2-6-14-22)36-33(35-31)37-27-18-10-9-17-25(27)28-23-15-7-8-16-24(23)30-26(29(28)37)19-20-38-30/h1-20H. The van der Waals surface area contributed by atoms with Gasteiger partial charge in [-0.2, -0.15) is 9.97 Å². The van der Waals surface area contributed by atoms with E-state index in [2.05, 4.69) is 64.5 Å². The Balaban J connectivity index is 1.56. The second-order valence-corrected chi connectivity index (χ2v) is 10.2. The third-order valence-electron chi connectivity index (χ3n) is 7.12. The molecule has 0 N–H and O–H groups in total. The van der Waals surface area contributed by atoms with E-state index < -0.39 is 0 Å². The Hall–Kier alpha value is -4.87. The van der Waals surface area contributed by atoms with E-state index in [4.69, 9.17) is 15.0 Å². The van der Waals surface area contributed by atoms with Crippen LogP contribution in [0.3, 0.4) is 0 Å². The van der Waals surface area contributed by atoms with E-state index in [9.17, 15) is 0 Å². The predicted octanol–water partition coefficient (Wildman–Crippen LogP) is 8.67. The van der Waals surface area contributed by atoms with Crippen LogP contribution in [-0.2, 0) is 0 Å². The van der Waals surface area contributed by atoms with Gasteiger partial charge >= 0.3 is 0 Å². The molecule has 5 aromatic carbocycles. The van der Waals surface area contributed by atoms with Crippen LogP contribution in [0.15, 0.2) is 121 Å². The highest BCUT2D eigenvalue weighted by Crippen LogP contribution is 2.43. The summed E-state index contributed by atoms with van der Waals surface area (Å²) in [6, 6.07) is 39.8. The molecule has 0 radical (unpaired) electrons. The van der Waals surface area contributed by atoms with Crippen LogP contribution < -0.4 is 0 Å². The van der Waals surface area contributed by atoms with Gasteiger partial charge in [0.05, 0.1) is 11.0 Å². The third kappa shape index (κ3) is 3.12. The highest BCUT2D eigenvalue weighted by molar-refractivity contribution is 7.18. The molecule has 0 unspecified atom stereocenters. The van der Waals surface area contributed by atoms with Crippen molar-refractivity contribution in [1.29, 1.82) is 0 Å². The fourth-order valence-electron chi connectivity index (χ4n) is 5.48. The second-order valence-electron chi connectivity index (χ2n) is 9.30. The Morgan fingerprint density at radius 2 is 1.08 bits per heavy atom. The molecule has 0 aliphatic heterocycles. The van der Waals surface area contributed by atoms with Gasteiger partial charge in [-0.05, 0) is 22.9 Å². The summed E-state index contributed by atoms with van der Waals surface area (Å²) >= 11 is 1.78. The molecule has 178 valence electrons. The number of nitrogens with zero attached hydrogens (tertiary/aromatic N) is 4. The van der Waals surface area contributed by atoms with Gasteiger partial charge in [-0.1, -0.05) is 103 Å². The summed E-state index contributed by atoms with van der Waals surface area (Å²) in [5, 5.41) is 8.32. The fourth-order valence-corrected chi connectivity index (χ4v) is 6.41. The first kappa shape index (κ1) is 21.2. The maximum absolute atomic E-state index is 5.09. The van der Waals surface area contributed by atoms with Crippen molar-refractivity contribution in [2.24, 2.45) is 0 Å². The minimum absolute atomic E-state index is 0.617. The SMILES string of the molecule is c1ccc(-c2nc(-c3ccccc3)nc(-n3c4ccccc4c4c5ccccc5c5sccc5c43)n2)cc1. The zero-order chi connectivity index (χ0) is 25.1. The number of thiophene rings is 1. The average Bonchev–Trinajstić information content (AvgIpc) is 3.62. The molecule has 8 rings (SSSR count). The molecular formula is C33H20N4S. The lowest BCUT2D eigenvalue weighted by Crippen LogP contribution is -2.06. The van der Waals surface area contributed by atoms with Gasteiger partial charge in [0.1, 0.15) is 0 Å². The van der Waals surface area contributed by atoms with Gasteiger partial charge in [0, 0.05) is 37.4 Å². The minimum atomic E-state index is 0.617. The van der Waals surface area contributed by atoms with E-state index in [1.807, 2.05) is 60.7 Å². The number of aromatic nitrogens is 4. The van der Waals surface area contributed by atoms with Crippen molar-refractivity contribution in [1.82, 2.24) is 19.5 Å². The molecule has 0 spiro atoms. The fraction of sp³-hybridized carbons (Fsp3) is 0. The second kappa shape index (κ2) is 8.33. The highest BCUT2D eigenvalue weighted by atomic mass is 32.1. The zero-order valence-electron chi connectivity index (χ0n) is 20.2. The van der Waals surface area contributed by atoms with Crippen LogP contribution in [0, 0.1) is 0 Å². The summed E-state index contributed by atoms with van der Waals surface area (Å²) in [5.41, 5.74) is 4.13. The number of benzene rings is 5. The number of para-hydroxylation sites is 1. The van der Waals surface area contributed by atoms with Crippen molar-refractivity contribution < 1.29 is 0 Å². The molecule has 8 aromatic rings. The smallest absolute Gasteiger partial charge is 0.238 e. The van der Waals surface area contributed by atoms with E-state index >= 15 is 0 Å². The molecule has 3 aromatic heterocycles. The molecule has 0 atom stereocenters. The highest BCUT2D eigenvalue weighted by Gasteiger charge is 2.22. The maximum Gasteiger partial charge on any atom is 0.238 e. The Bertz CT molecular complexity index is 2070. The molecule has 0 fully saturated rings. The summed E-state index contributed by atoms with van der Waals surface area (Å²) in [6.45, 7) is 0. The minimum Gasteiger partial charge on any atom is -0.277 e. The van der Waals surface area contributed by atoms with Crippen molar-refractivity contribution in [3.05, 3.63) is 121 Å². The van der Waals surface area contributed by atoms with Crippen molar-refractivity contribution >= 4 is 54.0 Å². The van der Waals surface area contributed by atoms with Crippen molar-refractivity contribution in [2.75, 3.05) is 0 Å². The molecule has 0 amide bonds. The number of hydrogen-bond acceptors (Lipinski definition) is 4. The third-order valence-corrected chi connectivity index (χ3v) is 8.07. The van der Waals surface area contributed by atoms with Crippen molar-refractivity contribution in [2.45, 2.75) is 0 Å². The molecule has 3 heterocycles. The van der Waals surface area contributed by atoms with Gasteiger partial charge in [0.15, 0.2) is 11.6 Å². The molecule has 38 heavy (non-hydrogen) atoms. The normalized spacial score (nSPS) is 11.7. The molecule has 4 nitrogen and oxygen atoms in total. The Morgan fingerprint density at radius 1 is 0.500 bits per heavy atom. The molecule has 0 saturated carbocycles. The first-order valence-electron chi connectivity index (χ1n) is 12.6. The maximum atomic E-state index is 5.09. The van der Waals surface area contributed by atoms with Gasteiger partial charge in [0.25, 0.3) is 0 Å². The van der Waals surface area contributed by atoms with Crippen LogP contribution in [0.1, 0.15) is 0 Å². The lowest BCUT2D eigenvalue weighted by Gasteiger charge is -2.12. The summed E-state index contributed by atoms with van der Waals surface area (Å²) in [6.07, 6.45) is 0. The summed E-state index contributed by atoms with van der Waals surface area (Å²) in [4.78, 5) is 15.1. The topological polar surface area (TPSA) is 43.6 Å². The van der Waals surface area contributed by atoms with E-state index in [0.717, 1.165) is 22.2 Å². The molecule has 0 aliphatic rings. The first-order chi connectivity index (χ1) is 18.9. The summed E-state index contributed by atoms with van der Waals surface area (Å²) < 4.78 is 3.50. The quantitative estimate of drug-likeness (QED) is 0.242. The first-order valence-corrected chi connectivity index (χ1v) is 13.4. The van der Waals surface area contributed by atoms with Crippen LogP contribution >= 0.6 is 11.3 Å². The number of hydrogen-bond donors (Lipinski definition) is 0. The van der Waals surface area contributed by atoms with Gasteiger partial charge in [-0.3, -0.25) is 4.57 Å². The van der Waals surface area contributed by atoms with Crippen molar-refractivity contribution in [3.8, 4) is 28.7 Å². The van der Waals surface area contributed by atoms with Crippen LogP contribution in [-0.4, -0.2) is 19.5 Å². The average molecular weight is 505 g/mol. The Labute approximate surface area is 222 Å². The van der Waals surface area contributed by atoms with Crippen molar-refractivity contribution in [3.63, 3.8) is 0 Å². The van der Waals surface area contributed by atoms with Crippen LogP contribution in [0.2, 0.25) is 0 Å². The van der Waals surface area contributed by atoms with E-state index in [-0.39, 0.29) is 0 Å². The number of fused-ring (bicyclic) bond motifs is 8. The Kier molecular flexibility index (Phi) is 4.66. The van der Waals surface area contributed by atoms with Crippen LogP contribution in [0.25, 0.3) is 71.4 Å². The molecule has 0 saturated heterocycles. The predicted molar refractivity (Wildman–Crippen MR) is 158 cm³/mol. The molecule has 5 heteroatoms. The summed E-state index contributed by atoms with van der Waals surface area (Å²) in [5.74, 6) is 1.93. The monoisotopic (exact) mass is 504 g/mol. The van der Waals surface area contributed by atoms with E-state index in [1.165, 1.54) is 31.6 Å². The summed E-state index contributed by atoms with van der Waals surface area (Å²) in [7, 11) is 0. The molecule has 0 aliphatic carbocycles. The lowest BCUT2D eigenvalue weighted by atomic mass is 10.0. The van der Waals surface area contributed by atoms with E-state index in [1.54, 1.807) is 11.3 Å². The van der Waals surface area contributed by atoms with Crippen LogP contribution in [0.5, 0.6) is 0 Å². The zero-order valence-corrected chi connectivity index (χ0v) is 21.1. The Morgan fingerprint density at radius 3 is 1.76 bits per heavy atom. The number of rotatable bonds is 3. The van der Waals surface area contributed by atoms with E-state index in [0.29, 0.717) is 17.6 Å². The molecule has 0 bridgehead atoms. The van der Waals surface area contributed by atoms with Gasteiger partial charge < -0.3 is 0 Å². The lowest BCUT2D eigenvalue weighted by molar-refractivity contribution is 0.955. The van der Waals surface area contributed by atoms with Gasteiger partial charge in [-0.25, -0.2) is 4.98 Å². The van der Waals surface area contributed by atoms with Gasteiger partial charge in [0.2, 0.25) is 5.95 Å². The largest absolute Gasteiger partial charge is 0.277 e.